The van der Waals surface area contributed by atoms with Crippen molar-refractivity contribution in [3.8, 4) is 0 Å². The lowest BCUT2D eigenvalue weighted by atomic mass is 10.1. The Labute approximate surface area is 116 Å². The Morgan fingerprint density at radius 1 is 1.32 bits per heavy atom. The Balaban J connectivity index is 2.36. The first-order valence-electron chi connectivity index (χ1n) is 5.97. The van der Waals surface area contributed by atoms with Crippen LogP contribution in [-0.4, -0.2) is 13.0 Å². The molecule has 1 atom stereocenters. The second-order valence-electron chi connectivity index (χ2n) is 4.40. The Bertz CT molecular complexity index is 580. The number of benzene rings is 1. The summed E-state index contributed by atoms with van der Waals surface area (Å²) in [6, 6.07) is 9.62. The highest BCUT2D eigenvalue weighted by atomic mass is 32.1. The zero-order chi connectivity index (χ0) is 14.0. The average Bonchev–Trinajstić information content (AvgIpc) is 2.90. The number of amides is 1. The van der Waals surface area contributed by atoms with Crippen LogP contribution in [0.15, 0.2) is 35.7 Å². The van der Waals surface area contributed by atoms with Crippen molar-refractivity contribution < 1.29 is 4.79 Å². The fourth-order valence-electron chi connectivity index (χ4n) is 2.00. The molecule has 0 spiro atoms. The normalized spacial score (nSPS) is 12.1. The SMILES string of the molecule is CC(c1cccs1)N(C)c1cccc(C(N)=O)c1N. The number of thiophene rings is 1. The van der Waals surface area contributed by atoms with E-state index in [-0.39, 0.29) is 6.04 Å². The van der Waals surface area contributed by atoms with Crippen molar-refractivity contribution >= 4 is 28.6 Å². The van der Waals surface area contributed by atoms with Crippen LogP contribution in [0.3, 0.4) is 0 Å². The molecule has 0 bridgehead atoms. The van der Waals surface area contributed by atoms with Gasteiger partial charge in [0.1, 0.15) is 0 Å². The lowest BCUT2D eigenvalue weighted by Gasteiger charge is -2.28. The molecule has 1 aromatic carbocycles. The number of carbonyl (C=O) groups excluding carboxylic acids is 1. The minimum Gasteiger partial charge on any atom is -0.396 e. The van der Waals surface area contributed by atoms with Gasteiger partial charge in [-0.1, -0.05) is 12.1 Å². The second-order valence-corrected chi connectivity index (χ2v) is 5.38. The smallest absolute Gasteiger partial charge is 0.250 e. The molecule has 4 N–H and O–H groups in total. The predicted octanol–water partition coefficient (Wildman–Crippen LogP) is 2.63. The van der Waals surface area contributed by atoms with E-state index in [1.54, 1.807) is 23.5 Å². The molecule has 0 radical (unpaired) electrons. The van der Waals surface area contributed by atoms with Crippen LogP contribution in [0.1, 0.15) is 28.2 Å². The van der Waals surface area contributed by atoms with Gasteiger partial charge < -0.3 is 16.4 Å². The molecule has 4 nitrogen and oxygen atoms in total. The first-order valence-corrected chi connectivity index (χ1v) is 6.85. The Hall–Kier alpha value is -2.01. The molecule has 0 saturated carbocycles. The lowest BCUT2D eigenvalue weighted by molar-refractivity contribution is 0.100. The lowest BCUT2D eigenvalue weighted by Crippen LogP contribution is -2.23. The van der Waals surface area contributed by atoms with Crippen molar-refractivity contribution in [3.63, 3.8) is 0 Å². The van der Waals surface area contributed by atoms with Gasteiger partial charge in [0.15, 0.2) is 0 Å². The van der Waals surface area contributed by atoms with Crippen LogP contribution in [0.2, 0.25) is 0 Å². The average molecular weight is 275 g/mol. The molecule has 0 aliphatic rings. The molecule has 0 aliphatic heterocycles. The van der Waals surface area contributed by atoms with Gasteiger partial charge in [0.05, 0.1) is 23.0 Å². The van der Waals surface area contributed by atoms with Crippen LogP contribution in [0.25, 0.3) is 0 Å². The Kier molecular flexibility index (Phi) is 3.76. The molecule has 5 heteroatoms. The first-order chi connectivity index (χ1) is 9.02. The van der Waals surface area contributed by atoms with Crippen LogP contribution in [0.5, 0.6) is 0 Å². The third-order valence-corrected chi connectivity index (χ3v) is 4.31. The summed E-state index contributed by atoms with van der Waals surface area (Å²) >= 11 is 1.70. The quantitative estimate of drug-likeness (QED) is 0.842. The second kappa shape index (κ2) is 5.32. The zero-order valence-corrected chi connectivity index (χ0v) is 11.8. The zero-order valence-electron chi connectivity index (χ0n) is 11.0. The van der Waals surface area contributed by atoms with Crippen molar-refractivity contribution in [3.05, 3.63) is 46.2 Å². The number of rotatable bonds is 4. The van der Waals surface area contributed by atoms with E-state index >= 15 is 0 Å². The number of nitrogens with zero attached hydrogens (tertiary/aromatic N) is 1. The van der Waals surface area contributed by atoms with E-state index in [4.69, 9.17) is 11.5 Å². The molecule has 19 heavy (non-hydrogen) atoms. The molecule has 100 valence electrons. The maximum atomic E-state index is 11.3. The van der Waals surface area contributed by atoms with Crippen molar-refractivity contribution in [1.29, 1.82) is 0 Å². The first kappa shape index (κ1) is 13.4. The largest absolute Gasteiger partial charge is 0.396 e. The molecular weight excluding hydrogens is 258 g/mol. The fraction of sp³-hybridized carbons (Fsp3) is 0.214. The van der Waals surface area contributed by atoms with Gasteiger partial charge in [-0.25, -0.2) is 0 Å². The van der Waals surface area contributed by atoms with E-state index in [0.717, 1.165) is 5.69 Å². The van der Waals surface area contributed by atoms with Crippen LogP contribution in [0.4, 0.5) is 11.4 Å². The molecule has 1 heterocycles. The summed E-state index contributed by atoms with van der Waals surface area (Å²) in [5, 5.41) is 2.04. The van der Waals surface area contributed by atoms with Gasteiger partial charge in [0.2, 0.25) is 0 Å². The van der Waals surface area contributed by atoms with E-state index in [2.05, 4.69) is 13.0 Å². The Morgan fingerprint density at radius 2 is 2.05 bits per heavy atom. The fourth-order valence-corrected chi connectivity index (χ4v) is 2.83. The van der Waals surface area contributed by atoms with Crippen LogP contribution >= 0.6 is 11.3 Å². The van der Waals surface area contributed by atoms with Gasteiger partial charge in [-0.15, -0.1) is 11.3 Å². The number of para-hydroxylation sites is 1. The van der Waals surface area contributed by atoms with Gasteiger partial charge >= 0.3 is 0 Å². The van der Waals surface area contributed by atoms with E-state index in [1.165, 1.54) is 4.88 Å². The topological polar surface area (TPSA) is 72.3 Å². The molecular formula is C14H17N3OS. The number of nitrogen functional groups attached to an aromatic ring is 1. The third-order valence-electron chi connectivity index (χ3n) is 3.26. The van der Waals surface area contributed by atoms with Crippen molar-refractivity contribution in [2.75, 3.05) is 17.7 Å². The van der Waals surface area contributed by atoms with Crippen LogP contribution in [0, 0.1) is 0 Å². The number of nitrogens with two attached hydrogens (primary N) is 2. The highest BCUT2D eigenvalue weighted by Gasteiger charge is 2.18. The summed E-state index contributed by atoms with van der Waals surface area (Å²) in [6.45, 7) is 2.10. The van der Waals surface area contributed by atoms with E-state index < -0.39 is 5.91 Å². The molecule has 1 unspecified atom stereocenters. The maximum absolute atomic E-state index is 11.3. The minimum absolute atomic E-state index is 0.186. The number of hydrogen-bond donors (Lipinski definition) is 2. The molecule has 2 aromatic rings. The van der Waals surface area contributed by atoms with Gasteiger partial charge in [0, 0.05) is 11.9 Å². The number of hydrogen-bond acceptors (Lipinski definition) is 4. The highest BCUT2D eigenvalue weighted by molar-refractivity contribution is 7.10. The van der Waals surface area contributed by atoms with Gasteiger partial charge in [-0.3, -0.25) is 4.79 Å². The van der Waals surface area contributed by atoms with Gasteiger partial charge in [-0.2, -0.15) is 0 Å². The molecule has 2 rings (SSSR count). The number of carbonyl (C=O) groups is 1. The van der Waals surface area contributed by atoms with Crippen LogP contribution < -0.4 is 16.4 Å². The highest BCUT2D eigenvalue weighted by Crippen LogP contribution is 2.33. The van der Waals surface area contributed by atoms with Crippen molar-refractivity contribution in [2.45, 2.75) is 13.0 Å². The van der Waals surface area contributed by atoms with E-state index in [9.17, 15) is 4.79 Å². The molecule has 1 amide bonds. The summed E-state index contributed by atoms with van der Waals surface area (Å²) in [6.07, 6.45) is 0. The van der Waals surface area contributed by atoms with Crippen molar-refractivity contribution in [1.82, 2.24) is 0 Å². The standard InChI is InChI=1S/C14H17N3OS/c1-9(12-7-4-8-19-12)17(2)11-6-3-5-10(13(11)15)14(16)18/h3-9H,15H2,1-2H3,(H2,16,18). The van der Waals surface area contributed by atoms with Gasteiger partial charge in [0.25, 0.3) is 5.91 Å². The summed E-state index contributed by atoms with van der Waals surface area (Å²) < 4.78 is 0. The predicted molar refractivity (Wildman–Crippen MR) is 80.5 cm³/mol. The molecule has 0 fully saturated rings. The monoisotopic (exact) mass is 275 g/mol. The molecule has 0 aliphatic carbocycles. The third kappa shape index (κ3) is 2.56. The number of anilines is 2. The van der Waals surface area contributed by atoms with E-state index in [1.807, 2.05) is 29.5 Å². The molecule has 1 aromatic heterocycles. The molecule has 0 saturated heterocycles. The summed E-state index contributed by atoms with van der Waals surface area (Å²) in [5.41, 5.74) is 13.0. The van der Waals surface area contributed by atoms with Crippen LogP contribution in [-0.2, 0) is 0 Å². The van der Waals surface area contributed by atoms with Gasteiger partial charge in [-0.05, 0) is 30.5 Å². The van der Waals surface area contributed by atoms with Crippen molar-refractivity contribution in [2.24, 2.45) is 5.73 Å². The van der Waals surface area contributed by atoms with E-state index in [0.29, 0.717) is 11.3 Å². The summed E-state index contributed by atoms with van der Waals surface area (Å²) in [5.74, 6) is -0.503. The summed E-state index contributed by atoms with van der Waals surface area (Å²) in [4.78, 5) is 14.6. The minimum atomic E-state index is -0.503. The Morgan fingerprint density at radius 3 is 2.63 bits per heavy atom. The number of primary amides is 1. The summed E-state index contributed by atoms with van der Waals surface area (Å²) in [7, 11) is 1.96. The maximum Gasteiger partial charge on any atom is 0.250 e.